The smallest absolute Gasteiger partial charge is 0.258 e. The van der Waals surface area contributed by atoms with Gasteiger partial charge in [-0.3, -0.25) is 20.1 Å². The quantitative estimate of drug-likeness (QED) is 0.234. The van der Waals surface area contributed by atoms with Crippen molar-refractivity contribution >= 4 is 28.6 Å². The number of carbonyl (C=O) groups excluding carboxylic acids is 1. The molecule has 3 aromatic heterocycles. The zero-order valence-corrected chi connectivity index (χ0v) is 29.0. The van der Waals surface area contributed by atoms with E-state index in [9.17, 15) is 4.79 Å². The lowest BCUT2D eigenvalue weighted by Gasteiger charge is -2.47. The Morgan fingerprint density at radius 1 is 1.08 bits per heavy atom. The van der Waals surface area contributed by atoms with Crippen LogP contribution in [0.5, 0.6) is 5.75 Å². The van der Waals surface area contributed by atoms with Crippen LogP contribution in [0.4, 0.5) is 16.0 Å². The molecule has 0 unspecified atom stereocenters. The number of piperidine rings is 2. The van der Waals surface area contributed by atoms with Gasteiger partial charge in [-0.2, -0.15) is 0 Å². The van der Waals surface area contributed by atoms with Gasteiger partial charge in [-0.05, 0) is 101 Å². The summed E-state index contributed by atoms with van der Waals surface area (Å²) in [5.41, 5.74) is 4.82. The van der Waals surface area contributed by atoms with E-state index in [0.717, 1.165) is 82.7 Å². The number of aromatic nitrogens is 4. The van der Waals surface area contributed by atoms with Crippen molar-refractivity contribution in [3.05, 3.63) is 59.8 Å². The van der Waals surface area contributed by atoms with Gasteiger partial charge in [-0.15, -0.1) is 0 Å². The first-order valence-electron chi connectivity index (χ1n) is 17.9. The molecule has 0 radical (unpaired) electrons. The van der Waals surface area contributed by atoms with E-state index in [1.54, 1.807) is 24.5 Å². The highest BCUT2D eigenvalue weighted by atomic mass is 19.1. The molecule has 3 aliphatic heterocycles. The fourth-order valence-electron chi connectivity index (χ4n) is 7.80. The van der Waals surface area contributed by atoms with Gasteiger partial charge in [-0.25, -0.2) is 9.37 Å². The summed E-state index contributed by atoms with van der Waals surface area (Å²) in [6.45, 7) is 13.7. The minimum atomic E-state index is -0.303. The molecule has 1 N–H and O–H groups in total. The highest BCUT2D eigenvalue weighted by Gasteiger charge is 2.38. The number of aryl methyl sites for hydroxylation is 1. The number of fused-ring (bicyclic) bond motifs is 7. The molecule has 2 bridgehead atoms. The number of carbonyl (C=O) groups is 1. The maximum atomic E-state index is 15.9. The zero-order valence-electron chi connectivity index (χ0n) is 29.0. The molecule has 1 spiro atoms. The lowest BCUT2D eigenvalue weighted by molar-refractivity contribution is 0.0535. The molecular weight excluding hydrogens is 621 g/mol. The molecule has 7 rings (SSSR count). The van der Waals surface area contributed by atoms with Crippen LogP contribution >= 0.6 is 0 Å². The molecular formula is C38H48FN7O3. The predicted octanol–water partition coefficient (Wildman–Crippen LogP) is 6.72. The number of pyridine rings is 2. The lowest BCUT2D eigenvalue weighted by Crippen LogP contribution is -2.47. The minimum absolute atomic E-state index is 0.256. The van der Waals surface area contributed by atoms with Crippen LogP contribution in [0.25, 0.3) is 22.3 Å². The highest BCUT2D eigenvalue weighted by Crippen LogP contribution is 2.43. The van der Waals surface area contributed by atoms with E-state index in [2.05, 4.69) is 31.6 Å². The fraction of sp³-hybridized carbons (Fsp3) is 0.526. The largest absolute Gasteiger partial charge is 0.493 e. The fourth-order valence-corrected chi connectivity index (χ4v) is 7.80. The summed E-state index contributed by atoms with van der Waals surface area (Å²) >= 11 is 0. The number of nitrogens with zero attached hydrogens (tertiary/aromatic N) is 6. The van der Waals surface area contributed by atoms with Gasteiger partial charge in [-0.1, -0.05) is 6.92 Å². The van der Waals surface area contributed by atoms with Crippen molar-refractivity contribution in [2.75, 3.05) is 62.8 Å². The number of rotatable bonds is 5. The van der Waals surface area contributed by atoms with Gasteiger partial charge in [0.25, 0.3) is 5.91 Å². The van der Waals surface area contributed by atoms with Crippen molar-refractivity contribution in [3.8, 4) is 17.0 Å². The maximum absolute atomic E-state index is 15.9. The number of benzene rings is 1. The summed E-state index contributed by atoms with van der Waals surface area (Å²) in [4.78, 5) is 32.3. The zero-order chi connectivity index (χ0) is 34.0. The average Bonchev–Trinajstić information content (AvgIpc) is 3.41. The van der Waals surface area contributed by atoms with Gasteiger partial charge < -0.3 is 23.8 Å². The van der Waals surface area contributed by atoms with Crippen LogP contribution in [-0.2, 0) is 11.3 Å². The number of nitrogens with one attached hydrogen (secondary N) is 1. The van der Waals surface area contributed by atoms with E-state index >= 15 is 4.39 Å². The number of amides is 1. The molecule has 0 saturated carbocycles. The SMILES string of the molecule is CCOCCN1CCC2(CC1)CCN(c1cc3c(cc1F)nc1n3C[C@H](C)CCCOc3ccncc3-c3cc(cc(C)n3)C(=O)N1)CC2. The van der Waals surface area contributed by atoms with Crippen LogP contribution < -0.4 is 15.0 Å². The molecule has 1 aromatic carbocycles. The van der Waals surface area contributed by atoms with E-state index in [1.165, 1.54) is 18.9 Å². The molecule has 6 heterocycles. The Bertz CT molecular complexity index is 1790. The second-order valence-electron chi connectivity index (χ2n) is 14.2. The Balaban J connectivity index is 1.15. The standard InChI is InChI=1S/C38H48FN7O3/c1-4-48-19-17-44-13-8-38(9-14-44)10-15-45(16-11-38)33-23-34-32(22-30(33)39)42-37-43-36(47)28-20-27(3)41-31(21-28)29-24-40-12-7-35(29)49-18-5-6-26(2)25-46(34)37/h7,12,20-24,26H,4-6,8-11,13-19,25H2,1-3H3,(H,42,43,47)/t26-/m1/s1. The third-order valence-electron chi connectivity index (χ3n) is 10.7. The molecule has 260 valence electrons. The van der Waals surface area contributed by atoms with Gasteiger partial charge in [0.2, 0.25) is 5.95 Å². The van der Waals surface area contributed by atoms with Crippen molar-refractivity contribution < 1.29 is 18.7 Å². The molecule has 1 amide bonds. The first kappa shape index (κ1) is 33.4. The molecule has 10 nitrogen and oxygen atoms in total. The van der Waals surface area contributed by atoms with Crippen LogP contribution in [0.3, 0.4) is 0 Å². The van der Waals surface area contributed by atoms with Crippen LogP contribution in [0.1, 0.15) is 68.4 Å². The molecule has 1 atom stereocenters. The van der Waals surface area contributed by atoms with E-state index in [-0.39, 0.29) is 17.6 Å². The Morgan fingerprint density at radius 3 is 2.67 bits per heavy atom. The summed E-state index contributed by atoms with van der Waals surface area (Å²) in [6, 6.07) is 8.84. The Hall–Kier alpha value is -4.09. The van der Waals surface area contributed by atoms with Gasteiger partial charge in [0.1, 0.15) is 11.6 Å². The van der Waals surface area contributed by atoms with Crippen LogP contribution in [0.15, 0.2) is 42.7 Å². The molecule has 49 heavy (non-hydrogen) atoms. The van der Waals surface area contributed by atoms with Crippen LogP contribution in [0.2, 0.25) is 0 Å². The molecule has 3 aliphatic rings. The van der Waals surface area contributed by atoms with Crippen molar-refractivity contribution in [1.29, 1.82) is 0 Å². The van der Waals surface area contributed by atoms with E-state index in [4.69, 9.17) is 19.4 Å². The van der Waals surface area contributed by atoms with Crippen molar-refractivity contribution in [3.63, 3.8) is 0 Å². The van der Waals surface area contributed by atoms with Crippen molar-refractivity contribution in [2.24, 2.45) is 11.3 Å². The van der Waals surface area contributed by atoms with Crippen LogP contribution in [0, 0.1) is 24.1 Å². The normalized spacial score (nSPS) is 20.2. The third kappa shape index (κ3) is 7.28. The first-order chi connectivity index (χ1) is 23.8. The number of ether oxygens (including phenoxy) is 2. The molecule has 11 heteroatoms. The monoisotopic (exact) mass is 669 g/mol. The van der Waals surface area contributed by atoms with E-state index in [1.807, 2.05) is 26.0 Å². The topological polar surface area (TPSA) is 97.6 Å². The Morgan fingerprint density at radius 2 is 1.88 bits per heavy atom. The second-order valence-corrected chi connectivity index (χ2v) is 14.2. The number of imidazole rings is 1. The molecule has 4 aromatic rings. The number of hydrogen-bond acceptors (Lipinski definition) is 8. The number of halogens is 1. The predicted molar refractivity (Wildman–Crippen MR) is 190 cm³/mol. The van der Waals surface area contributed by atoms with Crippen LogP contribution in [-0.4, -0.2) is 82.9 Å². The molecule has 2 fully saturated rings. The first-order valence-corrected chi connectivity index (χ1v) is 17.9. The maximum Gasteiger partial charge on any atom is 0.258 e. The Kier molecular flexibility index (Phi) is 9.82. The lowest BCUT2D eigenvalue weighted by atomic mass is 9.71. The van der Waals surface area contributed by atoms with Gasteiger partial charge >= 0.3 is 0 Å². The van der Waals surface area contributed by atoms with Gasteiger partial charge in [0.05, 0.1) is 41.2 Å². The number of anilines is 2. The summed E-state index contributed by atoms with van der Waals surface area (Å²) in [5.74, 6) is 0.795. The number of hydrogen-bond donors (Lipinski definition) is 1. The van der Waals surface area contributed by atoms with Crippen molar-refractivity contribution in [1.82, 2.24) is 24.4 Å². The molecule has 0 aliphatic carbocycles. The number of likely N-dealkylation sites (tertiary alicyclic amines) is 1. The average molecular weight is 670 g/mol. The molecule has 2 saturated heterocycles. The minimum Gasteiger partial charge on any atom is -0.493 e. The summed E-state index contributed by atoms with van der Waals surface area (Å²) in [5, 5.41) is 3.07. The summed E-state index contributed by atoms with van der Waals surface area (Å²) < 4.78 is 29.7. The van der Waals surface area contributed by atoms with Gasteiger partial charge in [0.15, 0.2) is 0 Å². The highest BCUT2D eigenvalue weighted by molar-refractivity contribution is 6.05. The summed E-state index contributed by atoms with van der Waals surface area (Å²) in [7, 11) is 0. The van der Waals surface area contributed by atoms with E-state index in [0.29, 0.717) is 58.4 Å². The van der Waals surface area contributed by atoms with E-state index < -0.39 is 0 Å². The van der Waals surface area contributed by atoms with Crippen molar-refractivity contribution in [2.45, 2.75) is 65.8 Å². The Labute approximate surface area is 288 Å². The summed E-state index contributed by atoms with van der Waals surface area (Å²) in [6.07, 6.45) is 9.70. The second kappa shape index (κ2) is 14.4. The van der Waals surface area contributed by atoms with Gasteiger partial charge in [0, 0.05) is 62.5 Å². The third-order valence-corrected chi connectivity index (χ3v) is 10.7.